The van der Waals surface area contributed by atoms with E-state index in [9.17, 15) is 0 Å². The van der Waals surface area contributed by atoms with Crippen molar-refractivity contribution in [1.82, 2.24) is 24.4 Å². The Bertz CT molecular complexity index is 496. The molecule has 19 heavy (non-hydrogen) atoms. The average Bonchev–Trinajstić information content (AvgIpc) is 2.83. The third-order valence-electron chi connectivity index (χ3n) is 3.55. The first-order valence-electron chi connectivity index (χ1n) is 6.77. The Labute approximate surface area is 113 Å². The number of likely N-dealkylation sites (N-methyl/N-ethyl adjacent to an activating group) is 1. The summed E-state index contributed by atoms with van der Waals surface area (Å²) in [6.45, 7) is 6.55. The van der Waals surface area contributed by atoms with Gasteiger partial charge in [0.25, 0.3) is 0 Å². The van der Waals surface area contributed by atoms with E-state index in [4.69, 9.17) is 0 Å². The van der Waals surface area contributed by atoms with Crippen LogP contribution in [0.5, 0.6) is 0 Å². The minimum atomic E-state index is 0.709. The second-order valence-corrected chi connectivity index (χ2v) is 5.01. The summed E-state index contributed by atoms with van der Waals surface area (Å²) in [6, 6.07) is 5.88. The quantitative estimate of drug-likeness (QED) is 0.862. The molecule has 6 nitrogen and oxygen atoms in total. The first-order chi connectivity index (χ1) is 9.31. The van der Waals surface area contributed by atoms with E-state index < -0.39 is 0 Å². The molecule has 0 spiro atoms. The summed E-state index contributed by atoms with van der Waals surface area (Å²) in [5, 5.41) is 7.67. The maximum Gasteiger partial charge on any atom is 0.243 e. The van der Waals surface area contributed by atoms with E-state index >= 15 is 0 Å². The monoisotopic (exact) mass is 260 g/mol. The number of nitrogens with one attached hydrogen (secondary N) is 1. The SMILES string of the molecule is CN1CCN(CCNc2nc3ccccn3n2)CC1. The van der Waals surface area contributed by atoms with Gasteiger partial charge in [-0.25, -0.2) is 4.52 Å². The zero-order chi connectivity index (χ0) is 13.1. The lowest BCUT2D eigenvalue weighted by atomic mass is 10.3. The van der Waals surface area contributed by atoms with Crippen LogP contribution in [0.3, 0.4) is 0 Å². The molecule has 0 atom stereocenters. The molecule has 3 heterocycles. The number of pyridine rings is 1. The molecular formula is C13H20N6. The third kappa shape index (κ3) is 3.02. The van der Waals surface area contributed by atoms with Gasteiger partial charge in [0.1, 0.15) is 0 Å². The number of aromatic nitrogens is 3. The molecule has 0 unspecified atom stereocenters. The number of anilines is 1. The van der Waals surface area contributed by atoms with E-state index in [2.05, 4.69) is 32.2 Å². The summed E-state index contributed by atoms with van der Waals surface area (Å²) in [5.74, 6) is 0.709. The molecule has 0 aromatic carbocycles. The molecule has 1 fully saturated rings. The van der Waals surface area contributed by atoms with E-state index in [1.54, 1.807) is 4.52 Å². The molecule has 2 aromatic rings. The van der Waals surface area contributed by atoms with Gasteiger partial charge in [0, 0.05) is 45.5 Å². The molecule has 1 N–H and O–H groups in total. The Morgan fingerprint density at radius 1 is 1.21 bits per heavy atom. The van der Waals surface area contributed by atoms with E-state index in [-0.39, 0.29) is 0 Å². The van der Waals surface area contributed by atoms with Crippen molar-refractivity contribution in [3.63, 3.8) is 0 Å². The number of hydrogen-bond acceptors (Lipinski definition) is 5. The van der Waals surface area contributed by atoms with Crippen LogP contribution >= 0.6 is 0 Å². The van der Waals surface area contributed by atoms with Crippen LogP contribution in [0.15, 0.2) is 24.4 Å². The molecule has 0 radical (unpaired) electrons. The van der Waals surface area contributed by atoms with E-state index in [1.807, 2.05) is 24.4 Å². The lowest BCUT2D eigenvalue weighted by Crippen LogP contribution is -2.45. The van der Waals surface area contributed by atoms with Crippen LogP contribution in [0, 0.1) is 0 Å². The largest absolute Gasteiger partial charge is 0.352 e. The second-order valence-electron chi connectivity index (χ2n) is 5.01. The molecule has 0 aliphatic carbocycles. The third-order valence-corrected chi connectivity index (χ3v) is 3.55. The summed E-state index contributed by atoms with van der Waals surface area (Å²) >= 11 is 0. The van der Waals surface area contributed by atoms with Crippen molar-refractivity contribution in [1.29, 1.82) is 0 Å². The van der Waals surface area contributed by atoms with Gasteiger partial charge in [0.15, 0.2) is 5.65 Å². The normalized spacial score (nSPS) is 17.9. The van der Waals surface area contributed by atoms with Crippen LogP contribution < -0.4 is 5.32 Å². The maximum atomic E-state index is 4.42. The number of piperazine rings is 1. The summed E-state index contributed by atoms with van der Waals surface area (Å²) in [5.41, 5.74) is 0.879. The fraction of sp³-hybridized carbons (Fsp3) is 0.538. The van der Waals surface area contributed by atoms with Crippen molar-refractivity contribution in [2.75, 3.05) is 51.6 Å². The highest BCUT2D eigenvalue weighted by Crippen LogP contribution is 2.04. The molecule has 1 aliphatic heterocycles. The molecule has 0 amide bonds. The molecule has 1 saturated heterocycles. The Balaban J connectivity index is 1.49. The van der Waals surface area contributed by atoms with Crippen molar-refractivity contribution in [3.8, 4) is 0 Å². The average molecular weight is 260 g/mol. The fourth-order valence-corrected chi connectivity index (χ4v) is 2.30. The Morgan fingerprint density at radius 2 is 2.05 bits per heavy atom. The molecule has 2 aromatic heterocycles. The predicted molar refractivity (Wildman–Crippen MR) is 75.4 cm³/mol. The van der Waals surface area contributed by atoms with Gasteiger partial charge in [-0.05, 0) is 19.2 Å². The topological polar surface area (TPSA) is 48.7 Å². The molecule has 102 valence electrons. The number of fused-ring (bicyclic) bond motifs is 1. The first kappa shape index (κ1) is 12.4. The fourth-order valence-electron chi connectivity index (χ4n) is 2.30. The van der Waals surface area contributed by atoms with Gasteiger partial charge in [0.2, 0.25) is 5.95 Å². The highest BCUT2D eigenvalue weighted by atomic mass is 15.3. The minimum Gasteiger partial charge on any atom is -0.352 e. The minimum absolute atomic E-state index is 0.709. The van der Waals surface area contributed by atoms with Crippen molar-refractivity contribution in [2.45, 2.75) is 0 Å². The maximum absolute atomic E-state index is 4.42. The van der Waals surface area contributed by atoms with Gasteiger partial charge in [-0.1, -0.05) is 6.07 Å². The standard InChI is InChI=1S/C13H20N6/c1-17-8-10-18(11-9-17)7-5-14-13-15-12-4-2-3-6-19(12)16-13/h2-4,6H,5,7-11H2,1H3,(H,14,16). The lowest BCUT2D eigenvalue weighted by Gasteiger charge is -2.32. The van der Waals surface area contributed by atoms with Crippen molar-refractivity contribution >= 4 is 11.6 Å². The van der Waals surface area contributed by atoms with Crippen LogP contribution in [0.2, 0.25) is 0 Å². The van der Waals surface area contributed by atoms with Crippen LogP contribution in [0.4, 0.5) is 5.95 Å². The molecule has 0 saturated carbocycles. The van der Waals surface area contributed by atoms with Gasteiger partial charge in [-0.15, -0.1) is 5.10 Å². The van der Waals surface area contributed by atoms with Gasteiger partial charge in [0.05, 0.1) is 0 Å². The highest BCUT2D eigenvalue weighted by molar-refractivity contribution is 5.42. The van der Waals surface area contributed by atoms with E-state index in [0.29, 0.717) is 5.95 Å². The van der Waals surface area contributed by atoms with Crippen LogP contribution in [0.25, 0.3) is 5.65 Å². The zero-order valence-electron chi connectivity index (χ0n) is 11.3. The molecule has 1 aliphatic rings. The van der Waals surface area contributed by atoms with Gasteiger partial charge in [-0.2, -0.15) is 4.98 Å². The van der Waals surface area contributed by atoms with Crippen LogP contribution in [-0.2, 0) is 0 Å². The predicted octanol–water partition coefficient (Wildman–Crippen LogP) is 0.389. The number of rotatable bonds is 4. The van der Waals surface area contributed by atoms with Crippen molar-refractivity contribution in [3.05, 3.63) is 24.4 Å². The number of hydrogen-bond donors (Lipinski definition) is 1. The van der Waals surface area contributed by atoms with Crippen LogP contribution in [-0.4, -0.2) is 70.7 Å². The van der Waals surface area contributed by atoms with E-state index in [0.717, 1.165) is 44.9 Å². The summed E-state index contributed by atoms with van der Waals surface area (Å²) < 4.78 is 1.79. The number of nitrogens with zero attached hydrogens (tertiary/aromatic N) is 5. The Morgan fingerprint density at radius 3 is 2.84 bits per heavy atom. The second kappa shape index (κ2) is 5.54. The Hall–Kier alpha value is -1.66. The summed E-state index contributed by atoms with van der Waals surface area (Å²) in [6.07, 6.45) is 1.91. The molecule has 3 rings (SSSR count). The van der Waals surface area contributed by atoms with Gasteiger partial charge in [-0.3, -0.25) is 4.90 Å². The van der Waals surface area contributed by atoms with Crippen molar-refractivity contribution in [2.24, 2.45) is 0 Å². The highest BCUT2D eigenvalue weighted by Gasteiger charge is 2.13. The molecular weight excluding hydrogens is 240 g/mol. The molecule has 0 bridgehead atoms. The van der Waals surface area contributed by atoms with Crippen molar-refractivity contribution < 1.29 is 0 Å². The van der Waals surface area contributed by atoms with Crippen LogP contribution in [0.1, 0.15) is 0 Å². The first-order valence-corrected chi connectivity index (χ1v) is 6.77. The smallest absolute Gasteiger partial charge is 0.243 e. The lowest BCUT2D eigenvalue weighted by molar-refractivity contribution is 0.158. The van der Waals surface area contributed by atoms with E-state index in [1.165, 1.54) is 0 Å². The summed E-state index contributed by atoms with van der Waals surface area (Å²) in [7, 11) is 2.18. The summed E-state index contributed by atoms with van der Waals surface area (Å²) in [4.78, 5) is 9.27. The molecule has 6 heteroatoms. The Kier molecular flexibility index (Phi) is 3.61. The van der Waals surface area contributed by atoms with Gasteiger partial charge >= 0.3 is 0 Å². The van der Waals surface area contributed by atoms with Gasteiger partial charge < -0.3 is 10.2 Å². The zero-order valence-corrected chi connectivity index (χ0v) is 11.3.